The van der Waals surface area contributed by atoms with Gasteiger partial charge in [0.15, 0.2) is 0 Å². The van der Waals surface area contributed by atoms with Crippen LogP contribution in [0.4, 0.5) is 9.18 Å². The highest BCUT2D eigenvalue weighted by Gasteiger charge is 2.44. The summed E-state index contributed by atoms with van der Waals surface area (Å²) in [5, 5.41) is 5.97. The molecule has 3 fully saturated rings. The molecule has 1 aromatic rings. The average Bonchev–Trinajstić information content (AvgIpc) is 3.47. The Balaban J connectivity index is 1.53. The molecule has 0 radical (unpaired) electrons. The van der Waals surface area contributed by atoms with E-state index in [1.54, 1.807) is 17.0 Å². The first-order valence-electron chi connectivity index (χ1n) is 8.74. The largest absolute Gasteiger partial charge is 0.352 e. The fraction of sp³-hybridized carbons (Fsp3) is 0.556. The van der Waals surface area contributed by atoms with E-state index in [0.29, 0.717) is 30.5 Å². The summed E-state index contributed by atoms with van der Waals surface area (Å²) in [6.07, 6.45) is 4.74. The number of carbonyl (C=O) groups excluding carboxylic acids is 2. The summed E-state index contributed by atoms with van der Waals surface area (Å²) in [6.45, 7) is 0.906. The number of amides is 3. The lowest BCUT2D eigenvalue weighted by atomic mass is 10.0. The number of hydrogen-bond acceptors (Lipinski definition) is 2. The molecule has 3 amide bonds. The molecule has 6 heteroatoms. The van der Waals surface area contributed by atoms with Gasteiger partial charge in [-0.05, 0) is 55.2 Å². The van der Waals surface area contributed by atoms with Crippen molar-refractivity contribution >= 4 is 11.9 Å². The van der Waals surface area contributed by atoms with E-state index in [-0.39, 0.29) is 23.8 Å². The summed E-state index contributed by atoms with van der Waals surface area (Å²) in [4.78, 5) is 26.8. The van der Waals surface area contributed by atoms with Crippen molar-refractivity contribution in [3.05, 3.63) is 35.6 Å². The topological polar surface area (TPSA) is 61.4 Å². The molecule has 1 aliphatic heterocycles. The molecule has 0 spiro atoms. The van der Waals surface area contributed by atoms with Crippen LogP contribution in [0.25, 0.3) is 0 Å². The van der Waals surface area contributed by atoms with Gasteiger partial charge in [0.05, 0.1) is 0 Å². The Hall–Kier alpha value is -2.11. The molecule has 1 saturated heterocycles. The normalized spacial score (nSPS) is 24.0. The first-order chi connectivity index (χ1) is 11.6. The Morgan fingerprint density at radius 3 is 2.38 bits per heavy atom. The molecule has 3 aliphatic rings. The fourth-order valence-corrected chi connectivity index (χ4v) is 3.62. The molecule has 5 nitrogen and oxygen atoms in total. The van der Waals surface area contributed by atoms with Crippen LogP contribution in [0.1, 0.15) is 37.3 Å². The first-order valence-corrected chi connectivity index (χ1v) is 8.74. The minimum Gasteiger partial charge on any atom is -0.352 e. The summed E-state index contributed by atoms with van der Waals surface area (Å²) in [5.74, 6) is 0.638. The van der Waals surface area contributed by atoms with Gasteiger partial charge < -0.3 is 15.5 Å². The lowest BCUT2D eigenvalue weighted by Crippen LogP contribution is -2.56. The highest BCUT2D eigenvalue weighted by molar-refractivity contribution is 5.89. The van der Waals surface area contributed by atoms with Gasteiger partial charge in [-0.3, -0.25) is 4.79 Å². The standard InChI is InChI=1S/C18H22FN3O2/c19-14-7-5-13(6-8-14)16-17(23)20-9-10-22(16)18(24)21-15(11-1-2-11)12-3-4-12/h5-8,11-12,15-16H,1-4,9-10H2,(H,20,23)(H,21,24)/t16-/m0/s1. The molecular formula is C18H22FN3O2. The molecule has 4 rings (SSSR count). The van der Waals surface area contributed by atoms with Gasteiger partial charge in [-0.15, -0.1) is 0 Å². The first kappa shape index (κ1) is 15.4. The minimum absolute atomic E-state index is 0.178. The van der Waals surface area contributed by atoms with Crippen LogP contribution in [0.5, 0.6) is 0 Å². The number of piperazine rings is 1. The molecule has 0 bridgehead atoms. The number of urea groups is 1. The van der Waals surface area contributed by atoms with Gasteiger partial charge in [0, 0.05) is 19.1 Å². The molecule has 0 aromatic heterocycles. The molecule has 2 N–H and O–H groups in total. The van der Waals surface area contributed by atoms with Crippen LogP contribution >= 0.6 is 0 Å². The molecule has 2 saturated carbocycles. The fourth-order valence-electron chi connectivity index (χ4n) is 3.62. The van der Waals surface area contributed by atoms with Gasteiger partial charge >= 0.3 is 6.03 Å². The number of nitrogens with zero attached hydrogens (tertiary/aromatic N) is 1. The third-order valence-corrected chi connectivity index (χ3v) is 5.21. The molecule has 2 aliphatic carbocycles. The lowest BCUT2D eigenvalue weighted by Gasteiger charge is -2.36. The van der Waals surface area contributed by atoms with Gasteiger partial charge in [0.25, 0.3) is 0 Å². The van der Waals surface area contributed by atoms with Crippen molar-refractivity contribution < 1.29 is 14.0 Å². The van der Waals surface area contributed by atoms with Gasteiger partial charge in [0.1, 0.15) is 11.9 Å². The second-order valence-corrected chi connectivity index (χ2v) is 7.09. The Kier molecular flexibility index (Phi) is 3.90. The molecule has 24 heavy (non-hydrogen) atoms. The predicted octanol–water partition coefficient (Wildman–Crippen LogP) is 2.20. The monoisotopic (exact) mass is 331 g/mol. The highest BCUT2D eigenvalue weighted by Crippen LogP contribution is 2.44. The quantitative estimate of drug-likeness (QED) is 0.888. The van der Waals surface area contributed by atoms with Crippen LogP contribution < -0.4 is 10.6 Å². The second kappa shape index (κ2) is 6.07. The lowest BCUT2D eigenvalue weighted by molar-refractivity contribution is -0.127. The van der Waals surface area contributed by atoms with Crippen molar-refractivity contribution in [3.63, 3.8) is 0 Å². The Bertz CT molecular complexity index is 628. The third kappa shape index (κ3) is 3.09. The molecule has 1 atom stereocenters. The minimum atomic E-state index is -0.696. The predicted molar refractivity (Wildman–Crippen MR) is 86.6 cm³/mol. The third-order valence-electron chi connectivity index (χ3n) is 5.21. The number of hydrogen-bond donors (Lipinski definition) is 2. The highest BCUT2D eigenvalue weighted by atomic mass is 19.1. The maximum atomic E-state index is 13.2. The van der Waals surface area contributed by atoms with Crippen molar-refractivity contribution in [3.8, 4) is 0 Å². The summed E-state index contributed by atoms with van der Waals surface area (Å²) < 4.78 is 13.2. The van der Waals surface area contributed by atoms with Crippen LogP contribution in [-0.4, -0.2) is 36.0 Å². The summed E-state index contributed by atoms with van der Waals surface area (Å²) in [7, 11) is 0. The van der Waals surface area contributed by atoms with Crippen molar-refractivity contribution in [1.29, 1.82) is 0 Å². The van der Waals surface area contributed by atoms with E-state index in [2.05, 4.69) is 10.6 Å². The van der Waals surface area contributed by atoms with Crippen molar-refractivity contribution in [2.45, 2.75) is 37.8 Å². The Labute approximate surface area is 140 Å². The van der Waals surface area contributed by atoms with E-state index in [0.717, 1.165) is 0 Å². The van der Waals surface area contributed by atoms with Crippen molar-refractivity contribution in [2.75, 3.05) is 13.1 Å². The SMILES string of the molecule is O=C1NCCN(C(=O)NC(C2CC2)C2CC2)[C@H]1c1ccc(F)cc1. The summed E-state index contributed by atoms with van der Waals surface area (Å²) >= 11 is 0. The zero-order chi connectivity index (χ0) is 16.7. The number of halogens is 1. The van der Waals surface area contributed by atoms with E-state index >= 15 is 0 Å². The zero-order valence-corrected chi connectivity index (χ0v) is 13.5. The summed E-state index contributed by atoms with van der Waals surface area (Å²) in [6, 6.07) is 5.17. The maximum Gasteiger partial charge on any atom is 0.318 e. The Morgan fingerprint density at radius 1 is 1.17 bits per heavy atom. The van der Waals surface area contributed by atoms with E-state index in [4.69, 9.17) is 0 Å². The van der Waals surface area contributed by atoms with E-state index < -0.39 is 6.04 Å². The number of nitrogens with one attached hydrogen (secondary N) is 2. The van der Waals surface area contributed by atoms with Gasteiger partial charge in [0.2, 0.25) is 5.91 Å². The van der Waals surface area contributed by atoms with Crippen molar-refractivity contribution in [2.24, 2.45) is 11.8 Å². The number of rotatable bonds is 4. The van der Waals surface area contributed by atoms with Gasteiger partial charge in [-0.1, -0.05) is 12.1 Å². The van der Waals surface area contributed by atoms with E-state index in [1.165, 1.54) is 37.8 Å². The molecule has 128 valence electrons. The molecule has 1 aromatic carbocycles. The smallest absolute Gasteiger partial charge is 0.318 e. The van der Waals surface area contributed by atoms with Gasteiger partial charge in [-0.2, -0.15) is 0 Å². The maximum absolute atomic E-state index is 13.2. The second-order valence-electron chi connectivity index (χ2n) is 7.09. The van der Waals surface area contributed by atoms with Crippen LogP contribution in [0, 0.1) is 17.7 Å². The average molecular weight is 331 g/mol. The van der Waals surface area contributed by atoms with Crippen LogP contribution in [0.3, 0.4) is 0 Å². The van der Waals surface area contributed by atoms with Crippen LogP contribution in [0.2, 0.25) is 0 Å². The Morgan fingerprint density at radius 2 is 1.79 bits per heavy atom. The zero-order valence-electron chi connectivity index (χ0n) is 13.5. The van der Waals surface area contributed by atoms with Gasteiger partial charge in [-0.25, -0.2) is 9.18 Å². The molecular weight excluding hydrogens is 309 g/mol. The van der Waals surface area contributed by atoms with Crippen LogP contribution in [0.15, 0.2) is 24.3 Å². The molecule has 1 heterocycles. The van der Waals surface area contributed by atoms with E-state index in [9.17, 15) is 14.0 Å². The summed E-state index contributed by atoms with van der Waals surface area (Å²) in [5.41, 5.74) is 0.637. The van der Waals surface area contributed by atoms with Crippen molar-refractivity contribution in [1.82, 2.24) is 15.5 Å². The van der Waals surface area contributed by atoms with E-state index in [1.807, 2.05) is 0 Å². The molecule has 0 unspecified atom stereocenters. The number of benzene rings is 1. The number of carbonyl (C=O) groups is 2. The van der Waals surface area contributed by atoms with Crippen LogP contribution in [-0.2, 0) is 4.79 Å².